The molecule has 0 aliphatic rings. The largest absolute Gasteiger partial charge is 0.385 e. The van der Waals surface area contributed by atoms with E-state index in [1.165, 1.54) is 24.3 Å². The third-order valence-electron chi connectivity index (χ3n) is 3.73. The van der Waals surface area contributed by atoms with Crippen LogP contribution in [0.1, 0.15) is 22.3 Å². The summed E-state index contributed by atoms with van der Waals surface area (Å²) in [6.45, 7) is 1.10. The summed E-state index contributed by atoms with van der Waals surface area (Å²) >= 11 is 0. The lowest BCUT2D eigenvalue weighted by atomic mass is 10.2. The van der Waals surface area contributed by atoms with Gasteiger partial charge in [0.2, 0.25) is 5.91 Å². The molecule has 2 N–H and O–H groups in total. The molecular weight excluding hydrogens is 362 g/mol. The van der Waals surface area contributed by atoms with Crippen molar-refractivity contribution < 1.29 is 19.2 Å². The third kappa shape index (κ3) is 6.65. The van der Waals surface area contributed by atoms with Gasteiger partial charge in [-0.05, 0) is 42.3 Å². The highest BCUT2D eigenvalue weighted by molar-refractivity contribution is 6.02. The maximum atomic E-state index is 12.0. The molecule has 0 atom stereocenters. The van der Waals surface area contributed by atoms with Crippen LogP contribution in [0.3, 0.4) is 0 Å². The van der Waals surface area contributed by atoms with Crippen molar-refractivity contribution in [3.05, 3.63) is 75.8 Å². The molecule has 8 heteroatoms. The van der Waals surface area contributed by atoms with Gasteiger partial charge in [0.1, 0.15) is 0 Å². The normalized spacial score (nSPS) is 10.6. The summed E-state index contributed by atoms with van der Waals surface area (Å²) in [5, 5.41) is 16.2. The molecular formula is C20H21N3O5. The number of non-ortho nitro benzene ring substituents is 1. The fourth-order valence-electron chi connectivity index (χ4n) is 2.32. The zero-order valence-electron chi connectivity index (χ0n) is 15.4. The lowest BCUT2D eigenvalue weighted by molar-refractivity contribution is -0.384. The van der Waals surface area contributed by atoms with E-state index in [4.69, 9.17) is 4.74 Å². The Bertz CT molecular complexity index is 862. The number of nitro groups is 1. The van der Waals surface area contributed by atoms with E-state index in [2.05, 4.69) is 10.6 Å². The summed E-state index contributed by atoms with van der Waals surface area (Å²) in [5.41, 5.74) is 1.52. The number of amides is 2. The molecule has 0 heterocycles. The van der Waals surface area contributed by atoms with E-state index < -0.39 is 4.92 Å². The molecule has 0 unspecified atom stereocenters. The first kappa shape index (κ1) is 20.8. The molecule has 0 aliphatic carbocycles. The van der Waals surface area contributed by atoms with Crippen molar-refractivity contribution in [1.82, 2.24) is 5.32 Å². The smallest absolute Gasteiger partial charge is 0.270 e. The number of anilines is 1. The predicted molar refractivity (Wildman–Crippen MR) is 106 cm³/mol. The topological polar surface area (TPSA) is 111 Å². The summed E-state index contributed by atoms with van der Waals surface area (Å²) in [6.07, 6.45) is 3.51. The van der Waals surface area contributed by atoms with Gasteiger partial charge in [-0.25, -0.2) is 0 Å². The second-order valence-corrected chi connectivity index (χ2v) is 5.85. The average Bonchev–Trinajstić information content (AvgIpc) is 2.70. The van der Waals surface area contributed by atoms with Crippen LogP contribution >= 0.6 is 0 Å². The van der Waals surface area contributed by atoms with E-state index >= 15 is 0 Å². The van der Waals surface area contributed by atoms with Gasteiger partial charge in [-0.15, -0.1) is 0 Å². The molecule has 0 fully saturated rings. The minimum Gasteiger partial charge on any atom is -0.385 e. The quantitative estimate of drug-likeness (QED) is 0.299. The number of methoxy groups -OCH3 is 1. The first-order valence-corrected chi connectivity index (χ1v) is 8.60. The SMILES string of the molecule is COCCCNC(=O)c1ccc(NC(=O)/C=C/c2cccc([N+](=O)[O-])c2)cc1. The highest BCUT2D eigenvalue weighted by Crippen LogP contribution is 2.14. The van der Waals surface area contributed by atoms with E-state index in [0.717, 1.165) is 6.42 Å². The average molecular weight is 383 g/mol. The van der Waals surface area contributed by atoms with Gasteiger partial charge in [-0.3, -0.25) is 19.7 Å². The van der Waals surface area contributed by atoms with Crippen LogP contribution in [0.2, 0.25) is 0 Å². The number of nitro benzene ring substituents is 1. The Balaban J connectivity index is 1.89. The molecule has 0 saturated heterocycles. The van der Waals surface area contributed by atoms with Gasteiger partial charge < -0.3 is 15.4 Å². The van der Waals surface area contributed by atoms with Crippen LogP contribution in [0.4, 0.5) is 11.4 Å². The first-order chi connectivity index (χ1) is 13.5. The number of nitrogens with one attached hydrogen (secondary N) is 2. The van der Waals surface area contributed by atoms with E-state index in [-0.39, 0.29) is 17.5 Å². The summed E-state index contributed by atoms with van der Waals surface area (Å²) in [7, 11) is 1.60. The van der Waals surface area contributed by atoms with Crippen LogP contribution in [0.15, 0.2) is 54.6 Å². The molecule has 2 rings (SSSR count). The summed E-state index contributed by atoms with van der Waals surface area (Å²) < 4.78 is 4.92. The first-order valence-electron chi connectivity index (χ1n) is 8.60. The predicted octanol–water partition coefficient (Wildman–Crippen LogP) is 3.01. The second-order valence-electron chi connectivity index (χ2n) is 5.85. The van der Waals surface area contributed by atoms with Crippen molar-refractivity contribution in [1.29, 1.82) is 0 Å². The Morgan fingerprint density at radius 1 is 1.18 bits per heavy atom. The highest BCUT2D eigenvalue weighted by Gasteiger charge is 2.06. The molecule has 8 nitrogen and oxygen atoms in total. The molecule has 0 bridgehead atoms. The van der Waals surface area contributed by atoms with Gasteiger partial charge in [0.15, 0.2) is 0 Å². The number of benzene rings is 2. The van der Waals surface area contributed by atoms with E-state index in [1.54, 1.807) is 43.5 Å². The van der Waals surface area contributed by atoms with Gasteiger partial charge in [0, 0.05) is 49.7 Å². The summed E-state index contributed by atoms with van der Waals surface area (Å²) in [5.74, 6) is -0.581. The Labute approximate surface area is 162 Å². The number of carbonyl (C=O) groups is 2. The van der Waals surface area contributed by atoms with Crippen LogP contribution < -0.4 is 10.6 Å². The molecule has 0 aliphatic heterocycles. The fourth-order valence-corrected chi connectivity index (χ4v) is 2.32. The Kier molecular flexibility index (Phi) is 7.86. The van der Waals surface area contributed by atoms with Crippen molar-refractivity contribution in [2.24, 2.45) is 0 Å². The second kappa shape index (κ2) is 10.6. The van der Waals surface area contributed by atoms with E-state index in [1.807, 2.05) is 0 Å². The Morgan fingerprint density at radius 2 is 1.93 bits per heavy atom. The summed E-state index contributed by atoms with van der Waals surface area (Å²) in [4.78, 5) is 34.3. The highest BCUT2D eigenvalue weighted by atomic mass is 16.6. The molecule has 0 aromatic heterocycles. The monoisotopic (exact) mass is 383 g/mol. The summed E-state index contributed by atoms with van der Waals surface area (Å²) in [6, 6.07) is 12.5. The fraction of sp³-hybridized carbons (Fsp3) is 0.200. The molecule has 2 amide bonds. The van der Waals surface area contributed by atoms with Gasteiger partial charge in [-0.2, -0.15) is 0 Å². The van der Waals surface area contributed by atoms with Gasteiger partial charge in [0.25, 0.3) is 11.6 Å². The molecule has 2 aromatic rings. The minimum atomic E-state index is -0.493. The Hall–Kier alpha value is -3.52. The van der Waals surface area contributed by atoms with Crippen LogP contribution in [-0.2, 0) is 9.53 Å². The lowest BCUT2D eigenvalue weighted by Crippen LogP contribution is -2.25. The minimum absolute atomic E-state index is 0.0429. The molecule has 2 aromatic carbocycles. The molecule has 0 spiro atoms. The van der Waals surface area contributed by atoms with Crippen molar-refractivity contribution in [2.75, 3.05) is 25.6 Å². The number of ether oxygens (including phenoxy) is 1. The van der Waals surface area contributed by atoms with Crippen molar-refractivity contribution >= 4 is 29.3 Å². The number of carbonyl (C=O) groups excluding carboxylic acids is 2. The molecule has 146 valence electrons. The van der Waals surface area contributed by atoms with Crippen LogP contribution in [0.25, 0.3) is 6.08 Å². The van der Waals surface area contributed by atoms with Gasteiger partial charge >= 0.3 is 0 Å². The number of hydrogen-bond donors (Lipinski definition) is 2. The number of rotatable bonds is 9. The van der Waals surface area contributed by atoms with E-state index in [0.29, 0.717) is 30.0 Å². The van der Waals surface area contributed by atoms with E-state index in [9.17, 15) is 19.7 Å². The molecule has 28 heavy (non-hydrogen) atoms. The van der Waals surface area contributed by atoms with Gasteiger partial charge in [-0.1, -0.05) is 12.1 Å². The van der Waals surface area contributed by atoms with Crippen molar-refractivity contribution in [3.63, 3.8) is 0 Å². The van der Waals surface area contributed by atoms with Gasteiger partial charge in [0.05, 0.1) is 4.92 Å². The van der Waals surface area contributed by atoms with Crippen LogP contribution in [0, 0.1) is 10.1 Å². The molecule has 0 saturated carbocycles. The van der Waals surface area contributed by atoms with Crippen molar-refractivity contribution in [2.45, 2.75) is 6.42 Å². The van der Waals surface area contributed by atoms with Crippen molar-refractivity contribution in [3.8, 4) is 0 Å². The number of nitrogens with zero attached hydrogens (tertiary/aromatic N) is 1. The standard InChI is InChI=1S/C20H21N3O5/c1-28-13-3-12-21-20(25)16-7-9-17(10-8-16)22-19(24)11-6-15-4-2-5-18(14-15)23(26)27/h2,4-11,14H,3,12-13H2,1H3,(H,21,25)(H,22,24)/b11-6+. The maximum Gasteiger partial charge on any atom is 0.270 e. The zero-order chi connectivity index (χ0) is 20.4. The molecule has 0 radical (unpaired) electrons. The van der Waals surface area contributed by atoms with Crippen LogP contribution in [0.5, 0.6) is 0 Å². The zero-order valence-corrected chi connectivity index (χ0v) is 15.4. The van der Waals surface area contributed by atoms with Crippen LogP contribution in [-0.4, -0.2) is 37.0 Å². The lowest BCUT2D eigenvalue weighted by Gasteiger charge is -2.06. The number of hydrogen-bond acceptors (Lipinski definition) is 5. The Morgan fingerprint density at radius 3 is 2.61 bits per heavy atom. The third-order valence-corrected chi connectivity index (χ3v) is 3.73. The maximum absolute atomic E-state index is 12.0.